The second-order valence-electron chi connectivity index (χ2n) is 5.50. The fourth-order valence-corrected chi connectivity index (χ4v) is 2.43. The predicted molar refractivity (Wildman–Crippen MR) is 97.9 cm³/mol. The Bertz CT molecular complexity index is 986. The Morgan fingerprint density at radius 3 is 2.27 bits per heavy atom. The van der Waals surface area contributed by atoms with Gasteiger partial charge in [-0.05, 0) is 42.5 Å². The average Bonchev–Trinajstić information content (AvgIpc) is 2.68. The first-order valence-corrected chi connectivity index (χ1v) is 7.86. The van der Waals surface area contributed by atoms with Crippen LogP contribution in [0.5, 0.6) is 5.75 Å². The molecule has 26 heavy (non-hydrogen) atoms. The minimum absolute atomic E-state index is 0.218. The van der Waals surface area contributed by atoms with E-state index in [1.165, 1.54) is 18.3 Å². The number of nitrogens with one attached hydrogen (secondary N) is 2. The normalized spacial score (nSPS) is 10.2. The number of carbonyl (C=O) groups is 2. The third-order valence-corrected chi connectivity index (χ3v) is 3.82. The number of H-pyrrole nitrogens is 1. The largest absolute Gasteiger partial charge is 0.497 e. The highest BCUT2D eigenvalue weighted by Gasteiger charge is 2.16. The van der Waals surface area contributed by atoms with Gasteiger partial charge in [-0.3, -0.25) is 14.4 Å². The Hall–Kier alpha value is -3.67. The number of aromatic amines is 1. The van der Waals surface area contributed by atoms with Gasteiger partial charge in [-0.2, -0.15) is 0 Å². The van der Waals surface area contributed by atoms with Crippen LogP contribution in [0.15, 0.2) is 71.7 Å². The maximum atomic E-state index is 12.8. The van der Waals surface area contributed by atoms with Gasteiger partial charge in [0.1, 0.15) is 5.75 Å². The molecule has 0 aliphatic rings. The predicted octanol–water partition coefficient (Wildman–Crippen LogP) is 2.87. The Labute approximate surface area is 149 Å². The van der Waals surface area contributed by atoms with Crippen molar-refractivity contribution in [1.82, 2.24) is 4.98 Å². The molecule has 1 heterocycles. The van der Waals surface area contributed by atoms with E-state index < -0.39 is 5.91 Å². The van der Waals surface area contributed by atoms with Gasteiger partial charge >= 0.3 is 0 Å². The Balaban J connectivity index is 1.87. The molecule has 3 aromatic rings. The highest BCUT2D eigenvalue weighted by Crippen LogP contribution is 2.21. The summed E-state index contributed by atoms with van der Waals surface area (Å²) in [4.78, 5) is 38.7. The molecule has 0 aliphatic carbocycles. The first-order valence-electron chi connectivity index (χ1n) is 7.86. The van der Waals surface area contributed by atoms with Gasteiger partial charge in [-0.25, -0.2) is 0 Å². The van der Waals surface area contributed by atoms with Crippen LogP contribution in [0.25, 0.3) is 0 Å². The number of aromatic nitrogens is 1. The topological polar surface area (TPSA) is 88.3 Å². The summed E-state index contributed by atoms with van der Waals surface area (Å²) in [5.41, 5.74) is 1.24. The number of ether oxygens (including phenoxy) is 1. The maximum Gasteiger partial charge on any atom is 0.257 e. The molecule has 0 unspecified atom stereocenters. The van der Waals surface area contributed by atoms with E-state index >= 15 is 0 Å². The number of amides is 1. The van der Waals surface area contributed by atoms with Gasteiger partial charge in [0.2, 0.25) is 5.56 Å². The van der Waals surface area contributed by atoms with Crippen molar-refractivity contribution in [3.8, 4) is 5.75 Å². The molecule has 1 amide bonds. The van der Waals surface area contributed by atoms with Gasteiger partial charge in [-0.15, -0.1) is 0 Å². The minimum Gasteiger partial charge on any atom is -0.497 e. The molecule has 0 fully saturated rings. The van der Waals surface area contributed by atoms with Crippen LogP contribution in [0.2, 0.25) is 0 Å². The molecule has 6 heteroatoms. The van der Waals surface area contributed by atoms with Crippen LogP contribution < -0.4 is 15.6 Å². The van der Waals surface area contributed by atoms with Crippen LogP contribution in [0, 0.1) is 0 Å². The number of ketones is 1. The monoisotopic (exact) mass is 348 g/mol. The van der Waals surface area contributed by atoms with Gasteiger partial charge in [0, 0.05) is 23.4 Å². The summed E-state index contributed by atoms with van der Waals surface area (Å²) in [6, 6.07) is 16.2. The molecule has 2 N–H and O–H groups in total. The first-order chi connectivity index (χ1) is 12.6. The van der Waals surface area contributed by atoms with Crippen molar-refractivity contribution in [2.75, 3.05) is 12.4 Å². The average molecular weight is 348 g/mol. The molecular weight excluding hydrogens is 332 g/mol. The maximum absolute atomic E-state index is 12.8. The molecule has 0 bridgehead atoms. The number of para-hydroxylation sites is 1. The first kappa shape index (κ1) is 17.2. The summed E-state index contributed by atoms with van der Waals surface area (Å²) in [5, 5.41) is 2.71. The lowest BCUT2D eigenvalue weighted by atomic mass is 10.0. The second kappa shape index (κ2) is 7.48. The Morgan fingerprint density at radius 1 is 0.923 bits per heavy atom. The van der Waals surface area contributed by atoms with Crippen molar-refractivity contribution in [2.24, 2.45) is 0 Å². The molecule has 130 valence electrons. The molecule has 3 rings (SSSR count). The van der Waals surface area contributed by atoms with E-state index in [-0.39, 0.29) is 16.9 Å². The van der Waals surface area contributed by atoms with Crippen LogP contribution in [-0.4, -0.2) is 23.8 Å². The third kappa shape index (κ3) is 3.70. The summed E-state index contributed by atoms with van der Waals surface area (Å²) in [7, 11) is 1.55. The van der Waals surface area contributed by atoms with Gasteiger partial charge in [0.15, 0.2) is 5.78 Å². The molecule has 2 aromatic carbocycles. The zero-order chi connectivity index (χ0) is 18.5. The molecule has 6 nitrogen and oxygen atoms in total. The Morgan fingerprint density at radius 2 is 1.62 bits per heavy atom. The van der Waals surface area contributed by atoms with Gasteiger partial charge in [0.05, 0.1) is 18.4 Å². The summed E-state index contributed by atoms with van der Waals surface area (Å²) in [6.07, 6.45) is 1.32. The van der Waals surface area contributed by atoms with E-state index in [1.807, 2.05) is 0 Å². The third-order valence-electron chi connectivity index (χ3n) is 3.82. The SMILES string of the molecule is COc1ccc(C(=O)c2ccccc2NC(=O)c2ccc(=O)[nH]c2)cc1. The van der Waals surface area contributed by atoms with E-state index in [0.717, 1.165) is 0 Å². The number of hydrogen-bond donors (Lipinski definition) is 2. The minimum atomic E-state index is -0.420. The van der Waals surface area contributed by atoms with Crippen molar-refractivity contribution in [2.45, 2.75) is 0 Å². The van der Waals surface area contributed by atoms with Crippen LogP contribution in [-0.2, 0) is 0 Å². The quantitative estimate of drug-likeness (QED) is 0.694. The van der Waals surface area contributed by atoms with E-state index in [2.05, 4.69) is 10.3 Å². The molecule has 0 spiro atoms. The summed E-state index contributed by atoms with van der Waals surface area (Å²) < 4.78 is 5.09. The van der Waals surface area contributed by atoms with Crippen LogP contribution in [0.1, 0.15) is 26.3 Å². The van der Waals surface area contributed by atoms with Crippen molar-refractivity contribution in [3.63, 3.8) is 0 Å². The lowest BCUT2D eigenvalue weighted by molar-refractivity contribution is 0.102. The fraction of sp³-hybridized carbons (Fsp3) is 0.0500. The molecule has 0 radical (unpaired) electrons. The summed E-state index contributed by atoms with van der Waals surface area (Å²) >= 11 is 0. The van der Waals surface area contributed by atoms with Crippen molar-refractivity contribution >= 4 is 17.4 Å². The standard InChI is InChI=1S/C20H16N2O4/c1-26-15-9-6-13(7-10-15)19(24)16-4-2-3-5-17(16)22-20(25)14-8-11-18(23)21-12-14/h2-12H,1H3,(H,21,23)(H,22,25). The van der Waals surface area contributed by atoms with Crippen LogP contribution in [0.4, 0.5) is 5.69 Å². The zero-order valence-corrected chi connectivity index (χ0v) is 14.0. The van der Waals surface area contributed by atoms with Crippen molar-refractivity contribution in [1.29, 1.82) is 0 Å². The van der Waals surface area contributed by atoms with Gasteiger partial charge < -0.3 is 15.0 Å². The molecule has 1 aromatic heterocycles. The van der Waals surface area contributed by atoms with Crippen molar-refractivity contribution in [3.05, 3.63) is 93.9 Å². The number of methoxy groups -OCH3 is 1. The zero-order valence-electron chi connectivity index (χ0n) is 14.0. The number of pyridine rings is 1. The second-order valence-corrected chi connectivity index (χ2v) is 5.50. The number of carbonyl (C=O) groups excluding carboxylic acids is 2. The van der Waals surface area contributed by atoms with Crippen LogP contribution in [0.3, 0.4) is 0 Å². The number of hydrogen-bond acceptors (Lipinski definition) is 4. The lowest BCUT2D eigenvalue weighted by Gasteiger charge is -2.11. The molecule has 0 saturated heterocycles. The number of benzene rings is 2. The molecule has 0 saturated carbocycles. The molecule has 0 aliphatic heterocycles. The highest BCUT2D eigenvalue weighted by atomic mass is 16.5. The van der Waals surface area contributed by atoms with E-state index in [1.54, 1.807) is 55.6 Å². The van der Waals surface area contributed by atoms with E-state index in [4.69, 9.17) is 4.74 Å². The van der Waals surface area contributed by atoms with E-state index in [9.17, 15) is 14.4 Å². The van der Waals surface area contributed by atoms with Crippen LogP contribution >= 0.6 is 0 Å². The number of rotatable bonds is 5. The van der Waals surface area contributed by atoms with Gasteiger partial charge in [-0.1, -0.05) is 12.1 Å². The molecule has 0 atom stereocenters. The fourth-order valence-electron chi connectivity index (χ4n) is 2.43. The number of anilines is 1. The smallest absolute Gasteiger partial charge is 0.257 e. The van der Waals surface area contributed by atoms with Crippen molar-refractivity contribution < 1.29 is 14.3 Å². The summed E-state index contributed by atoms with van der Waals surface area (Å²) in [5.74, 6) is 0.0162. The molecular formula is C20H16N2O4. The van der Waals surface area contributed by atoms with E-state index in [0.29, 0.717) is 22.6 Å². The lowest BCUT2D eigenvalue weighted by Crippen LogP contribution is -2.16. The highest BCUT2D eigenvalue weighted by molar-refractivity contribution is 6.15. The summed E-state index contributed by atoms with van der Waals surface area (Å²) in [6.45, 7) is 0. The Kier molecular flexibility index (Phi) is 4.94. The van der Waals surface area contributed by atoms with Gasteiger partial charge in [0.25, 0.3) is 5.91 Å².